The summed E-state index contributed by atoms with van der Waals surface area (Å²) in [5, 5.41) is 0. The smallest absolute Gasteiger partial charge is 0.254 e. The van der Waals surface area contributed by atoms with Gasteiger partial charge in [-0.15, -0.1) is 0 Å². The number of piperazine rings is 1. The summed E-state index contributed by atoms with van der Waals surface area (Å²) in [6.07, 6.45) is 1.63. The van der Waals surface area contributed by atoms with Crippen LogP contribution in [0.5, 0.6) is 11.5 Å². The van der Waals surface area contributed by atoms with Crippen LogP contribution >= 0.6 is 0 Å². The Morgan fingerprint density at radius 2 is 1.76 bits per heavy atom. The molecule has 29 heavy (non-hydrogen) atoms. The number of carbonyl (C=O) groups excluding carboxylic acids is 1. The Kier molecular flexibility index (Phi) is 6.56. The van der Waals surface area contributed by atoms with Gasteiger partial charge in [0.25, 0.3) is 5.91 Å². The largest absolute Gasteiger partial charge is 0.493 e. The number of nitrogens with zero attached hydrogens (tertiary/aromatic N) is 2. The molecule has 1 amide bonds. The van der Waals surface area contributed by atoms with Crippen LogP contribution in [0.15, 0.2) is 66.1 Å². The van der Waals surface area contributed by atoms with E-state index in [1.165, 1.54) is 11.4 Å². The Hall–Kier alpha value is -2.84. The maximum absolute atomic E-state index is 12.9. The normalized spacial score (nSPS) is 15.0. The Labute approximate surface area is 171 Å². The first-order valence-electron chi connectivity index (χ1n) is 9.23. The minimum atomic E-state index is -3.55. The van der Waals surface area contributed by atoms with Crippen molar-refractivity contribution in [2.45, 2.75) is 4.90 Å². The third kappa shape index (κ3) is 4.60. The fourth-order valence-corrected chi connectivity index (χ4v) is 4.57. The number of carbonyl (C=O) groups is 1. The Morgan fingerprint density at radius 3 is 2.38 bits per heavy atom. The van der Waals surface area contributed by atoms with Crippen LogP contribution in [-0.2, 0) is 10.0 Å². The number of amides is 1. The van der Waals surface area contributed by atoms with Crippen molar-refractivity contribution in [2.24, 2.45) is 0 Å². The number of rotatable bonds is 7. The molecule has 0 bridgehead atoms. The van der Waals surface area contributed by atoms with E-state index in [1.54, 1.807) is 59.5 Å². The van der Waals surface area contributed by atoms with Crippen LogP contribution in [0, 0.1) is 0 Å². The zero-order valence-electron chi connectivity index (χ0n) is 16.3. The molecule has 1 fully saturated rings. The average Bonchev–Trinajstić information content (AvgIpc) is 2.77. The SMILES string of the molecule is C=CCOc1ccc(C(=O)N2CCN(S(=O)(=O)c3ccccc3)CC2)cc1OC. The van der Waals surface area contributed by atoms with E-state index in [4.69, 9.17) is 9.47 Å². The lowest BCUT2D eigenvalue weighted by Crippen LogP contribution is -2.50. The zero-order valence-corrected chi connectivity index (χ0v) is 17.1. The van der Waals surface area contributed by atoms with E-state index in [2.05, 4.69) is 6.58 Å². The summed E-state index contributed by atoms with van der Waals surface area (Å²) >= 11 is 0. The Balaban J connectivity index is 1.68. The lowest BCUT2D eigenvalue weighted by molar-refractivity contribution is 0.0697. The summed E-state index contributed by atoms with van der Waals surface area (Å²) < 4.78 is 37.7. The van der Waals surface area contributed by atoms with Crippen molar-refractivity contribution >= 4 is 15.9 Å². The molecule has 0 saturated carbocycles. The lowest BCUT2D eigenvalue weighted by atomic mass is 10.1. The number of hydrogen-bond acceptors (Lipinski definition) is 5. The van der Waals surface area contributed by atoms with Gasteiger partial charge in [0.05, 0.1) is 12.0 Å². The third-order valence-electron chi connectivity index (χ3n) is 4.67. The molecule has 0 spiro atoms. The van der Waals surface area contributed by atoms with Gasteiger partial charge in [-0.1, -0.05) is 30.9 Å². The van der Waals surface area contributed by atoms with Gasteiger partial charge in [-0.3, -0.25) is 4.79 Å². The van der Waals surface area contributed by atoms with Gasteiger partial charge in [0.2, 0.25) is 10.0 Å². The van der Waals surface area contributed by atoms with Crippen LogP contribution < -0.4 is 9.47 Å². The molecule has 0 radical (unpaired) electrons. The second-order valence-electron chi connectivity index (χ2n) is 6.47. The van der Waals surface area contributed by atoms with Gasteiger partial charge in [-0.05, 0) is 30.3 Å². The molecule has 0 aromatic heterocycles. The molecule has 1 heterocycles. The van der Waals surface area contributed by atoms with Crippen LogP contribution in [0.1, 0.15) is 10.4 Å². The Morgan fingerprint density at radius 1 is 1.07 bits per heavy atom. The maximum atomic E-state index is 12.9. The molecule has 154 valence electrons. The number of hydrogen-bond donors (Lipinski definition) is 0. The van der Waals surface area contributed by atoms with Crippen LogP contribution in [0.3, 0.4) is 0 Å². The van der Waals surface area contributed by atoms with E-state index in [1.807, 2.05) is 0 Å². The number of ether oxygens (including phenoxy) is 2. The maximum Gasteiger partial charge on any atom is 0.254 e. The molecule has 0 atom stereocenters. The average molecular weight is 416 g/mol. The molecule has 2 aromatic rings. The van der Waals surface area contributed by atoms with E-state index in [0.717, 1.165) is 0 Å². The highest BCUT2D eigenvalue weighted by atomic mass is 32.2. The van der Waals surface area contributed by atoms with Crippen LogP contribution in [0.2, 0.25) is 0 Å². The molecule has 1 saturated heterocycles. The molecule has 1 aliphatic heterocycles. The number of benzene rings is 2. The van der Waals surface area contributed by atoms with Crippen molar-refractivity contribution in [3.8, 4) is 11.5 Å². The first-order chi connectivity index (χ1) is 14.0. The monoisotopic (exact) mass is 416 g/mol. The standard InChI is InChI=1S/C21H24N2O5S/c1-3-15-28-19-10-9-17(16-20(19)27-2)21(24)22-11-13-23(14-12-22)29(25,26)18-7-5-4-6-8-18/h3-10,16H,1,11-15H2,2H3. The number of sulfonamides is 1. The van der Waals surface area contributed by atoms with E-state index < -0.39 is 10.0 Å². The highest BCUT2D eigenvalue weighted by molar-refractivity contribution is 7.89. The van der Waals surface area contributed by atoms with Gasteiger partial charge < -0.3 is 14.4 Å². The van der Waals surface area contributed by atoms with Crippen LogP contribution in [-0.4, -0.2) is 63.4 Å². The molecule has 3 rings (SSSR count). The molecule has 0 N–H and O–H groups in total. The van der Waals surface area contributed by atoms with Crippen molar-refractivity contribution in [1.82, 2.24) is 9.21 Å². The van der Waals surface area contributed by atoms with E-state index in [-0.39, 0.29) is 23.9 Å². The minimum Gasteiger partial charge on any atom is -0.493 e. The summed E-state index contributed by atoms with van der Waals surface area (Å²) in [5.41, 5.74) is 0.465. The summed E-state index contributed by atoms with van der Waals surface area (Å²) in [7, 11) is -2.04. The molecule has 8 heteroatoms. The topological polar surface area (TPSA) is 76.2 Å². The van der Waals surface area contributed by atoms with E-state index in [9.17, 15) is 13.2 Å². The van der Waals surface area contributed by atoms with Gasteiger partial charge in [-0.2, -0.15) is 4.31 Å². The molecular weight excluding hydrogens is 392 g/mol. The van der Waals surface area contributed by atoms with Crippen molar-refractivity contribution in [3.05, 3.63) is 66.7 Å². The molecular formula is C21H24N2O5S. The van der Waals surface area contributed by atoms with Crippen molar-refractivity contribution < 1.29 is 22.7 Å². The number of methoxy groups -OCH3 is 1. The quantitative estimate of drug-likeness (QED) is 0.648. The summed E-state index contributed by atoms with van der Waals surface area (Å²) in [4.78, 5) is 14.8. The third-order valence-corrected chi connectivity index (χ3v) is 6.59. The molecule has 2 aromatic carbocycles. The van der Waals surface area contributed by atoms with Gasteiger partial charge in [-0.25, -0.2) is 8.42 Å². The lowest BCUT2D eigenvalue weighted by Gasteiger charge is -2.34. The molecule has 0 unspecified atom stereocenters. The fraction of sp³-hybridized carbons (Fsp3) is 0.286. The van der Waals surface area contributed by atoms with E-state index >= 15 is 0 Å². The fourth-order valence-electron chi connectivity index (χ4n) is 3.12. The molecule has 7 nitrogen and oxygen atoms in total. The van der Waals surface area contributed by atoms with Crippen LogP contribution in [0.25, 0.3) is 0 Å². The van der Waals surface area contributed by atoms with Crippen molar-refractivity contribution in [2.75, 3.05) is 39.9 Å². The molecule has 0 aliphatic carbocycles. The van der Waals surface area contributed by atoms with Crippen molar-refractivity contribution in [3.63, 3.8) is 0 Å². The summed E-state index contributed by atoms with van der Waals surface area (Å²) in [6, 6.07) is 13.3. The van der Waals surface area contributed by atoms with Gasteiger partial charge >= 0.3 is 0 Å². The van der Waals surface area contributed by atoms with Gasteiger partial charge in [0.15, 0.2) is 11.5 Å². The van der Waals surface area contributed by atoms with E-state index in [0.29, 0.717) is 36.8 Å². The second kappa shape index (κ2) is 9.11. The predicted molar refractivity (Wildman–Crippen MR) is 110 cm³/mol. The summed E-state index contributed by atoms with van der Waals surface area (Å²) in [5.74, 6) is 0.820. The van der Waals surface area contributed by atoms with Gasteiger partial charge in [0.1, 0.15) is 6.61 Å². The zero-order chi connectivity index (χ0) is 20.9. The first-order valence-corrected chi connectivity index (χ1v) is 10.7. The highest BCUT2D eigenvalue weighted by Crippen LogP contribution is 2.29. The molecule has 1 aliphatic rings. The van der Waals surface area contributed by atoms with Crippen LogP contribution in [0.4, 0.5) is 0 Å². The Bertz CT molecular complexity index is 968. The second-order valence-corrected chi connectivity index (χ2v) is 8.41. The minimum absolute atomic E-state index is 0.171. The van der Waals surface area contributed by atoms with Gasteiger partial charge in [0, 0.05) is 31.7 Å². The summed E-state index contributed by atoms with van der Waals surface area (Å²) in [6.45, 7) is 5.09. The predicted octanol–water partition coefficient (Wildman–Crippen LogP) is 2.41. The van der Waals surface area contributed by atoms with Crippen molar-refractivity contribution in [1.29, 1.82) is 0 Å². The highest BCUT2D eigenvalue weighted by Gasteiger charge is 2.30. The first kappa shape index (κ1) is 20.9.